The molecule has 1 saturated heterocycles. The van der Waals surface area contributed by atoms with Gasteiger partial charge in [-0.15, -0.1) is 0 Å². The van der Waals surface area contributed by atoms with Gasteiger partial charge in [-0.2, -0.15) is 0 Å². The van der Waals surface area contributed by atoms with Gasteiger partial charge in [-0.25, -0.2) is 4.79 Å². The van der Waals surface area contributed by atoms with Crippen molar-refractivity contribution in [1.29, 1.82) is 0 Å². The Balaban J connectivity index is 2.02. The molecule has 0 saturated carbocycles. The van der Waals surface area contributed by atoms with Gasteiger partial charge < -0.3 is 4.74 Å². The first-order chi connectivity index (χ1) is 9.31. The smallest absolute Gasteiger partial charge is 0.329 e. The highest BCUT2D eigenvalue weighted by molar-refractivity contribution is 5.75. The molecular weight excluding hydrogens is 240 g/mol. The minimum atomic E-state index is 0.0814. The van der Waals surface area contributed by atoms with Crippen LogP contribution >= 0.6 is 0 Å². The maximum atomic E-state index is 12.5. The number of aryl methyl sites for hydroxylation is 1. The third-order valence-electron chi connectivity index (χ3n) is 3.90. The third kappa shape index (κ3) is 2.21. The fraction of sp³-hybridized carbons (Fsp3) is 0.533. The summed E-state index contributed by atoms with van der Waals surface area (Å²) < 4.78 is 9.46. The van der Waals surface area contributed by atoms with Crippen molar-refractivity contribution in [2.24, 2.45) is 0 Å². The quantitative estimate of drug-likeness (QED) is 0.849. The van der Waals surface area contributed by atoms with E-state index in [1.165, 1.54) is 6.42 Å². The van der Waals surface area contributed by atoms with Gasteiger partial charge in [0.2, 0.25) is 0 Å². The molecule has 0 aliphatic carbocycles. The predicted octanol–water partition coefficient (Wildman–Crippen LogP) is 2.39. The number of ether oxygens (including phenoxy) is 1. The van der Waals surface area contributed by atoms with Crippen molar-refractivity contribution < 1.29 is 4.74 Å². The van der Waals surface area contributed by atoms with Gasteiger partial charge in [0.05, 0.1) is 23.7 Å². The number of hydrogen-bond acceptors (Lipinski definition) is 2. The lowest BCUT2D eigenvalue weighted by Gasteiger charge is -2.22. The van der Waals surface area contributed by atoms with Crippen LogP contribution in [-0.2, 0) is 17.8 Å². The van der Waals surface area contributed by atoms with Crippen molar-refractivity contribution >= 4 is 11.0 Å². The molecule has 4 nitrogen and oxygen atoms in total. The summed E-state index contributed by atoms with van der Waals surface area (Å²) in [6, 6.07) is 8.00. The monoisotopic (exact) mass is 260 g/mol. The summed E-state index contributed by atoms with van der Waals surface area (Å²) in [6.07, 6.45) is 3.58. The van der Waals surface area contributed by atoms with Crippen LogP contribution in [0.5, 0.6) is 0 Å². The van der Waals surface area contributed by atoms with Crippen LogP contribution in [0.15, 0.2) is 29.1 Å². The average molecular weight is 260 g/mol. The van der Waals surface area contributed by atoms with Gasteiger partial charge in [-0.05, 0) is 38.3 Å². The van der Waals surface area contributed by atoms with Crippen LogP contribution in [0, 0.1) is 0 Å². The van der Waals surface area contributed by atoms with Gasteiger partial charge >= 0.3 is 5.69 Å². The number of imidazole rings is 1. The fourth-order valence-electron chi connectivity index (χ4n) is 2.91. The first-order valence-electron chi connectivity index (χ1n) is 7.11. The van der Waals surface area contributed by atoms with E-state index in [0.717, 1.165) is 30.5 Å². The zero-order chi connectivity index (χ0) is 13.2. The van der Waals surface area contributed by atoms with E-state index in [1.807, 2.05) is 40.3 Å². The number of nitrogens with zero attached hydrogens (tertiary/aromatic N) is 2. The van der Waals surface area contributed by atoms with Gasteiger partial charge in [0.1, 0.15) is 0 Å². The van der Waals surface area contributed by atoms with Crippen LogP contribution in [0.2, 0.25) is 0 Å². The summed E-state index contributed by atoms with van der Waals surface area (Å²) in [5.74, 6) is 0. The Morgan fingerprint density at radius 1 is 1.21 bits per heavy atom. The first kappa shape index (κ1) is 12.5. The molecule has 1 aromatic heterocycles. The van der Waals surface area contributed by atoms with Crippen molar-refractivity contribution in [2.45, 2.75) is 45.4 Å². The second-order valence-corrected chi connectivity index (χ2v) is 5.11. The number of hydrogen-bond donors (Lipinski definition) is 0. The van der Waals surface area contributed by atoms with E-state index < -0.39 is 0 Å². The zero-order valence-corrected chi connectivity index (χ0v) is 11.3. The Bertz CT molecular complexity index is 621. The number of para-hydroxylation sites is 2. The van der Waals surface area contributed by atoms with Gasteiger partial charge in [-0.3, -0.25) is 9.13 Å². The molecule has 3 rings (SSSR count). The first-order valence-corrected chi connectivity index (χ1v) is 7.11. The standard InChI is InChI=1S/C15H20N2O2/c1-2-16-13-8-3-4-9-14(13)17(15(16)18)11-12-7-5-6-10-19-12/h3-4,8-9,12H,2,5-7,10-11H2,1H3. The molecule has 1 unspecified atom stereocenters. The second kappa shape index (κ2) is 5.21. The van der Waals surface area contributed by atoms with E-state index in [2.05, 4.69) is 0 Å². The number of fused-ring (bicyclic) bond motifs is 1. The maximum Gasteiger partial charge on any atom is 0.329 e. The van der Waals surface area contributed by atoms with E-state index in [1.54, 1.807) is 0 Å². The Morgan fingerprint density at radius 3 is 2.58 bits per heavy atom. The Kier molecular flexibility index (Phi) is 3.42. The molecule has 0 N–H and O–H groups in total. The highest BCUT2D eigenvalue weighted by Gasteiger charge is 2.18. The van der Waals surface area contributed by atoms with Crippen molar-refractivity contribution in [3.05, 3.63) is 34.7 Å². The van der Waals surface area contributed by atoms with E-state index >= 15 is 0 Å². The number of aromatic nitrogens is 2. The molecule has 1 aliphatic heterocycles. The van der Waals surface area contributed by atoms with Crippen LogP contribution in [0.3, 0.4) is 0 Å². The van der Waals surface area contributed by atoms with E-state index in [0.29, 0.717) is 13.1 Å². The molecule has 2 heterocycles. The maximum absolute atomic E-state index is 12.5. The molecule has 1 aliphatic rings. The molecule has 0 radical (unpaired) electrons. The summed E-state index contributed by atoms with van der Waals surface area (Å²) in [6.45, 7) is 4.21. The topological polar surface area (TPSA) is 36.2 Å². The molecule has 0 spiro atoms. The Labute approximate surface area is 112 Å². The summed E-state index contributed by atoms with van der Waals surface area (Å²) in [5.41, 5.74) is 2.12. The summed E-state index contributed by atoms with van der Waals surface area (Å²) in [4.78, 5) is 12.5. The second-order valence-electron chi connectivity index (χ2n) is 5.11. The molecule has 19 heavy (non-hydrogen) atoms. The van der Waals surface area contributed by atoms with Crippen molar-refractivity contribution in [3.8, 4) is 0 Å². The molecule has 1 atom stereocenters. The highest BCUT2D eigenvalue weighted by atomic mass is 16.5. The molecular formula is C15H20N2O2. The van der Waals surface area contributed by atoms with Crippen LogP contribution in [-0.4, -0.2) is 21.8 Å². The minimum Gasteiger partial charge on any atom is -0.376 e. The number of benzene rings is 1. The van der Waals surface area contributed by atoms with Gasteiger partial charge in [0.15, 0.2) is 0 Å². The van der Waals surface area contributed by atoms with E-state index in [4.69, 9.17) is 4.74 Å². The lowest BCUT2D eigenvalue weighted by Crippen LogP contribution is -2.31. The Morgan fingerprint density at radius 2 is 1.95 bits per heavy atom. The van der Waals surface area contributed by atoms with Crippen molar-refractivity contribution in [1.82, 2.24) is 9.13 Å². The summed E-state index contributed by atoms with van der Waals surface area (Å²) >= 11 is 0. The SMILES string of the molecule is CCn1c(=O)n(CC2CCCCO2)c2ccccc21. The molecule has 102 valence electrons. The molecule has 0 bridgehead atoms. The summed E-state index contributed by atoms with van der Waals surface area (Å²) in [5, 5.41) is 0. The molecule has 4 heteroatoms. The molecule has 2 aromatic rings. The molecule has 1 aromatic carbocycles. The largest absolute Gasteiger partial charge is 0.376 e. The fourth-order valence-corrected chi connectivity index (χ4v) is 2.91. The van der Waals surface area contributed by atoms with Crippen LogP contribution in [0.25, 0.3) is 11.0 Å². The third-order valence-corrected chi connectivity index (χ3v) is 3.90. The van der Waals surface area contributed by atoms with Gasteiger partial charge in [0.25, 0.3) is 0 Å². The average Bonchev–Trinajstić information content (AvgIpc) is 2.73. The normalized spacial score (nSPS) is 19.9. The van der Waals surface area contributed by atoms with Crippen LogP contribution < -0.4 is 5.69 Å². The predicted molar refractivity (Wildman–Crippen MR) is 75.5 cm³/mol. The zero-order valence-electron chi connectivity index (χ0n) is 11.3. The molecule has 0 amide bonds. The van der Waals surface area contributed by atoms with Crippen molar-refractivity contribution in [2.75, 3.05) is 6.61 Å². The van der Waals surface area contributed by atoms with Crippen molar-refractivity contribution in [3.63, 3.8) is 0 Å². The lowest BCUT2D eigenvalue weighted by atomic mass is 10.1. The van der Waals surface area contributed by atoms with Gasteiger partial charge in [0, 0.05) is 13.2 Å². The molecule has 1 fully saturated rings. The lowest BCUT2D eigenvalue weighted by molar-refractivity contribution is 0.00602. The van der Waals surface area contributed by atoms with E-state index in [-0.39, 0.29) is 11.8 Å². The van der Waals surface area contributed by atoms with Gasteiger partial charge in [-0.1, -0.05) is 12.1 Å². The Hall–Kier alpha value is -1.55. The number of rotatable bonds is 3. The highest BCUT2D eigenvalue weighted by Crippen LogP contribution is 2.18. The summed E-state index contributed by atoms with van der Waals surface area (Å²) in [7, 11) is 0. The minimum absolute atomic E-state index is 0.0814. The van der Waals surface area contributed by atoms with E-state index in [9.17, 15) is 4.79 Å². The van der Waals surface area contributed by atoms with Crippen LogP contribution in [0.4, 0.5) is 0 Å². The van der Waals surface area contributed by atoms with Crippen LogP contribution in [0.1, 0.15) is 26.2 Å².